The van der Waals surface area contributed by atoms with Crippen LogP contribution >= 0.6 is 23.4 Å². The van der Waals surface area contributed by atoms with Crippen LogP contribution in [-0.4, -0.2) is 26.6 Å². The van der Waals surface area contributed by atoms with E-state index in [0.29, 0.717) is 15.8 Å². The van der Waals surface area contributed by atoms with E-state index in [-0.39, 0.29) is 17.1 Å². The zero-order chi connectivity index (χ0) is 18.0. The number of rotatable bonds is 4. The highest BCUT2D eigenvalue weighted by Crippen LogP contribution is 2.24. The molecular weight excluding hydrogens is 356 g/mol. The zero-order valence-electron chi connectivity index (χ0n) is 14.3. The van der Waals surface area contributed by atoms with Crippen LogP contribution in [0.3, 0.4) is 0 Å². The topological polar surface area (TPSA) is 70.7 Å². The quantitative estimate of drug-likeness (QED) is 0.652. The molecule has 3 rings (SSSR count). The zero-order valence-corrected chi connectivity index (χ0v) is 15.8. The van der Waals surface area contributed by atoms with E-state index in [9.17, 15) is 4.79 Å². The number of H-pyrrole nitrogens is 1. The highest BCUT2D eigenvalue weighted by Gasteiger charge is 2.13. The molecule has 0 fully saturated rings. The summed E-state index contributed by atoms with van der Waals surface area (Å²) in [6.07, 6.45) is 1.55. The van der Waals surface area contributed by atoms with Crippen LogP contribution in [-0.2, 0) is 10.2 Å². The summed E-state index contributed by atoms with van der Waals surface area (Å²) in [5.74, 6) is 0.175. The maximum absolute atomic E-state index is 12.1. The van der Waals surface area contributed by atoms with Crippen molar-refractivity contribution >= 4 is 46.1 Å². The molecule has 3 aromatic rings. The van der Waals surface area contributed by atoms with Gasteiger partial charge in [-0.1, -0.05) is 56.3 Å². The number of amides is 1. The summed E-state index contributed by atoms with van der Waals surface area (Å²) >= 11 is 7.23. The summed E-state index contributed by atoms with van der Waals surface area (Å²) in [4.78, 5) is 23.7. The Bertz CT molecular complexity index is 900. The highest BCUT2D eigenvalue weighted by atomic mass is 35.5. The molecule has 0 aliphatic rings. The number of imidazole rings is 1. The number of carbonyl (C=O) groups excluding carboxylic acids is 1. The average molecular weight is 375 g/mol. The molecule has 0 aliphatic heterocycles. The molecule has 0 radical (unpaired) electrons. The fourth-order valence-corrected chi connectivity index (χ4v) is 3.14. The third-order valence-corrected chi connectivity index (χ3v) is 4.74. The van der Waals surface area contributed by atoms with Crippen LogP contribution in [0.2, 0.25) is 5.02 Å². The molecule has 0 spiro atoms. The first-order valence-electron chi connectivity index (χ1n) is 7.86. The molecule has 0 bridgehead atoms. The van der Waals surface area contributed by atoms with Crippen molar-refractivity contribution in [2.24, 2.45) is 0 Å². The van der Waals surface area contributed by atoms with Crippen molar-refractivity contribution < 1.29 is 4.79 Å². The minimum absolute atomic E-state index is 0.0834. The van der Waals surface area contributed by atoms with Gasteiger partial charge in [0.2, 0.25) is 5.91 Å². The Hall–Kier alpha value is -2.05. The monoisotopic (exact) mass is 374 g/mol. The van der Waals surface area contributed by atoms with Crippen LogP contribution in [0.4, 0.5) is 5.69 Å². The third kappa shape index (κ3) is 4.52. The molecule has 2 N–H and O–H groups in total. The van der Waals surface area contributed by atoms with E-state index < -0.39 is 0 Å². The van der Waals surface area contributed by atoms with Gasteiger partial charge in [-0.25, -0.2) is 9.97 Å². The van der Waals surface area contributed by atoms with Crippen molar-refractivity contribution in [1.82, 2.24) is 15.0 Å². The maximum Gasteiger partial charge on any atom is 0.234 e. The average Bonchev–Trinajstić information content (AvgIpc) is 2.94. The highest BCUT2D eigenvalue weighted by molar-refractivity contribution is 7.99. The fraction of sp³-hybridized carbons (Fsp3) is 0.278. The molecule has 1 amide bonds. The lowest BCUT2D eigenvalue weighted by molar-refractivity contribution is -0.113. The number of anilines is 1. The summed E-state index contributed by atoms with van der Waals surface area (Å²) in [6.45, 7) is 6.48. The van der Waals surface area contributed by atoms with Crippen LogP contribution in [0.15, 0.2) is 41.7 Å². The number of nitrogens with one attached hydrogen (secondary N) is 2. The molecule has 0 aliphatic carbocycles. The number of hydrogen-bond acceptors (Lipinski definition) is 4. The molecule has 2 heterocycles. The number of aromatic amines is 1. The van der Waals surface area contributed by atoms with Gasteiger partial charge >= 0.3 is 0 Å². The van der Waals surface area contributed by atoms with Crippen molar-refractivity contribution in [2.45, 2.75) is 31.3 Å². The lowest BCUT2D eigenvalue weighted by Crippen LogP contribution is -2.15. The number of pyridine rings is 1. The molecule has 0 saturated heterocycles. The van der Waals surface area contributed by atoms with Gasteiger partial charge < -0.3 is 10.3 Å². The molecular formula is C18H19ClN4OS. The maximum atomic E-state index is 12.1. The molecule has 0 saturated carbocycles. The van der Waals surface area contributed by atoms with E-state index in [1.165, 1.54) is 17.3 Å². The Balaban J connectivity index is 1.58. The summed E-state index contributed by atoms with van der Waals surface area (Å²) in [6, 6.07) is 9.69. The summed E-state index contributed by atoms with van der Waals surface area (Å²) in [5, 5.41) is 4.08. The van der Waals surface area contributed by atoms with Gasteiger partial charge in [-0.3, -0.25) is 4.79 Å². The van der Waals surface area contributed by atoms with E-state index in [4.69, 9.17) is 11.6 Å². The summed E-state index contributed by atoms with van der Waals surface area (Å²) in [7, 11) is 0. The Labute approximate surface area is 155 Å². The van der Waals surface area contributed by atoms with Crippen LogP contribution in [0.5, 0.6) is 0 Å². The van der Waals surface area contributed by atoms with E-state index in [0.717, 1.165) is 11.2 Å². The van der Waals surface area contributed by atoms with Crippen molar-refractivity contribution in [1.29, 1.82) is 0 Å². The van der Waals surface area contributed by atoms with Gasteiger partial charge in [0, 0.05) is 11.9 Å². The SMILES string of the molecule is CC(C)(C)c1ccc(NC(=O)CSc2nc3ncc(Cl)cc3[nH]2)cc1. The van der Waals surface area contributed by atoms with Gasteiger partial charge in [-0.15, -0.1) is 0 Å². The van der Waals surface area contributed by atoms with Crippen molar-refractivity contribution in [3.8, 4) is 0 Å². The number of halogens is 1. The molecule has 1 aromatic carbocycles. The third-order valence-electron chi connectivity index (χ3n) is 3.66. The number of fused-ring (bicyclic) bond motifs is 1. The number of carbonyl (C=O) groups is 1. The molecule has 5 nitrogen and oxygen atoms in total. The molecule has 130 valence electrons. The largest absolute Gasteiger partial charge is 0.331 e. The van der Waals surface area contributed by atoms with Crippen LogP contribution < -0.4 is 5.32 Å². The minimum atomic E-state index is -0.0834. The number of benzene rings is 1. The number of nitrogens with zero attached hydrogens (tertiary/aromatic N) is 2. The van der Waals surface area contributed by atoms with Gasteiger partial charge in [-0.2, -0.15) is 0 Å². The number of aromatic nitrogens is 3. The molecule has 0 atom stereocenters. The van der Waals surface area contributed by atoms with Crippen LogP contribution in [0.25, 0.3) is 11.2 Å². The van der Waals surface area contributed by atoms with Crippen molar-refractivity contribution in [2.75, 3.05) is 11.1 Å². The Morgan fingerprint density at radius 2 is 2.00 bits per heavy atom. The standard InChI is InChI=1S/C18H19ClN4OS/c1-18(2,3)11-4-6-13(7-5-11)21-15(24)10-25-17-22-14-8-12(19)9-20-16(14)23-17/h4-9H,10H2,1-3H3,(H,21,24)(H,20,22,23). The van der Waals surface area contributed by atoms with Gasteiger partial charge in [0.25, 0.3) is 0 Å². The Morgan fingerprint density at radius 1 is 1.28 bits per heavy atom. The summed E-state index contributed by atoms with van der Waals surface area (Å²) < 4.78 is 0. The first kappa shape index (κ1) is 17.8. The Kier molecular flexibility index (Phi) is 5.01. The minimum Gasteiger partial charge on any atom is -0.331 e. The fourth-order valence-electron chi connectivity index (χ4n) is 2.31. The lowest BCUT2D eigenvalue weighted by Gasteiger charge is -2.19. The summed E-state index contributed by atoms with van der Waals surface area (Å²) in [5.41, 5.74) is 3.46. The normalized spacial score (nSPS) is 11.7. The first-order valence-corrected chi connectivity index (χ1v) is 9.22. The molecule has 2 aromatic heterocycles. The molecule has 0 unspecified atom stereocenters. The number of thioether (sulfide) groups is 1. The van der Waals surface area contributed by atoms with Crippen molar-refractivity contribution in [3.05, 3.63) is 47.1 Å². The van der Waals surface area contributed by atoms with Gasteiger partial charge in [-0.05, 0) is 29.2 Å². The van der Waals surface area contributed by atoms with E-state index in [1.54, 1.807) is 12.3 Å². The van der Waals surface area contributed by atoms with E-state index in [2.05, 4.69) is 41.0 Å². The van der Waals surface area contributed by atoms with Gasteiger partial charge in [0.1, 0.15) is 0 Å². The van der Waals surface area contributed by atoms with E-state index in [1.807, 2.05) is 24.3 Å². The van der Waals surface area contributed by atoms with Crippen molar-refractivity contribution in [3.63, 3.8) is 0 Å². The number of hydrogen-bond donors (Lipinski definition) is 2. The second-order valence-corrected chi connectivity index (χ2v) is 8.13. The predicted octanol–water partition coefficient (Wildman–Crippen LogP) is 4.64. The first-order chi connectivity index (χ1) is 11.8. The predicted molar refractivity (Wildman–Crippen MR) is 103 cm³/mol. The molecule has 7 heteroatoms. The van der Waals surface area contributed by atoms with E-state index >= 15 is 0 Å². The smallest absolute Gasteiger partial charge is 0.234 e. The van der Waals surface area contributed by atoms with Gasteiger partial charge in [0.05, 0.1) is 16.3 Å². The van der Waals surface area contributed by atoms with Crippen LogP contribution in [0, 0.1) is 0 Å². The molecule has 25 heavy (non-hydrogen) atoms. The second kappa shape index (κ2) is 7.06. The lowest BCUT2D eigenvalue weighted by atomic mass is 9.87. The van der Waals surface area contributed by atoms with Crippen LogP contribution in [0.1, 0.15) is 26.3 Å². The van der Waals surface area contributed by atoms with Gasteiger partial charge in [0.15, 0.2) is 10.8 Å². The Morgan fingerprint density at radius 3 is 2.68 bits per heavy atom. The second-order valence-electron chi connectivity index (χ2n) is 6.73.